The van der Waals surface area contributed by atoms with Gasteiger partial charge in [-0.15, -0.1) is 0 Å². The summed E-state index contributed by atoms with van der Waals surface area (Å²) in [4.78, 5) is 23.9. The third-order valence-corrected chi connectivity index (χ3v) is 5.74. The van der Waals surface area contributed by atoms with Crippen molar-refractivity contribution in [2.45, 2.75) is 33.2 Å². The summed E-state index contributed by atoms with van der Waals surface area (Å²) in [6.45, 7) is 6.48. The molecule has 0 saturated carbocycles. The number of piperidine rings is 1. The molecule has 0 unspecified atom stereocenters. The number of nitrogens with zero attached hydrogens (tertiary/aromatic N) is 3. The predicted molar refractivity (Wildman–Crippen MR) is 128 cm³/mol. The minimum Gasteiger partial charge on any atom is -0.494 e. The monoisotopic (exact) mass is 446 g/mol. The molecule has 1 aromatic heterocycles. The number of aromatic nitrogens is 2. The molecule has 0 atom stereocenters. The first-order chi connectivity index (χ1) is 16.1. The maximum Gasteiger partial charge on any atom is 0.263 e. The molecule has 2 aromatic carbocycles. The van der Waals surface area contributed by atoms with Crippen molar-refractivity contribution in [2.75, 3.05) is 24.6 Å². The lowest BCUT2D eigenvalue weighted by atomic mass is 9.96. The van der Waals surface area contributed by atoms with Crippen molar-refractivity contribution in [2.24, 2.45) is 5.92 Å². The Morgan fingerprint density at radius 1 is 1.09 bits per heavy atom. The number of anilines is 1. The van der Waals surface area contributed by atoms with Crippen LogP contribution in [0.4, 0.5) is 5.82 Å². The number of carbonyl (C=O) groups excluding carboxylic acids is 1. The molecule has 0 aliphatic carbocycles. The number of para-hydroxylation sites is 1. The van der Waals surface area contributed by atoms with Crippen LogP contribution < -0.4 is 19.7 Å². The number of ether oxygens (including phenoxy) is 2. The fourth-order valence-corrected chi connectivity index (χ4v) is 4.02. The van der Waals surface area contributed by atoms with E-state index in [0.717, 1.165) is 48.6 Å². The van der Waals surface area contributed by atoms with Gasteiger partial charge in [-0.3, -0.25) is 4.79 Å². The number of rotatable bonds is 8. The number of benzene rings is 2. The summed E-state index contributed by atoms with van der Waals surface area (Å²) in [7, 11) is 0. The van der Waals surface area contributed by atoms with Gasteiger partial charge in [-0.25, -0.2) is 9.97 Å². The van der Waals surface area contributed by atoms with E-state index >= 15 is 0 Å². The molecule has 1 saturated heterocycles. The second kappa shape index (κ2) is 10.8. The number of amides is 1. The molecule has 7 nitrogen and oxygen atoms in total. The number of carbonyl (C=O) groups is 1. The second-order valence-electron chi connectivity index (χ2n) is 8.12. The van der Waals surface area contributed by atoms with Gasteiger partial charge in [0.05, 0.1) is 6.61 Å². The normalized spacial score (nSPS) is 14.1. The average Bonchev–Trinajstić information content (AvgIpc) is 2.84. The highest BCUT2D eigenvalue weighted by Crippen LogP contribution is 2.31. The molecule has 2 heterocycles. The molecule has 1 N–H and O–H groups in total. The van der Waals surface area contributed by atoms with E-state index in [0.29, 0.717) is 24.8 Å². The fourth-order valence-electron chi connectivity index (χ4n) is 4.02. The van der Waals surface area contributed by atoms with Gasteiger partial charge in [-0.2, -0.15) is 0 Å². The van der Waals surface area contributed by atoms with Crippen LogP contribution in [0.25, 0.3) is 0 Å². The third kappa shape index (κ3) is 5.80. The Hall–Kier alpha value is -3.61. The van der Waals surface area contributed by atoms with Gasteiger partial charge < -0.3 is 19.7 Å². The average molecular weight is 447 g/mol. The van der Waals surface area contributed by atoms with Crippen LogP contribution in [0.2, 0.25) is 0 Å². The van der Waals surface area contributed by atoms with Crippen molar-refractivity contribution in [3.63, 3.8) is 0 Å². The van der Waals surface area contributed by atoms with Crippen molar-refractivity contribution in [1.29, 1.82) is 0 Å². The maximum absolute atomic E-state index is 12.8. The molecule has 3 aromatic rings. The standard InChI is InChI=1S/C26H30N4O3/c1-3-32-23-10-5-4-8-21(23)18-29-25(31)20-11-15-30(16-12-20)24-26(28-14-13-27-24)33-22-9-6-7-19(2)17-22/h4-10,13-14,17,20H,3,11-12,15-16,18H2,1-2H3,(H,29,31). The first kappa shape index (κ1) is 22.6. The van der Waals surface area contributed by atoms with E-state index in [1.165, 1.54) is 0 Å². The molecule has 1 amide bonds. The highest BCUT2D eigenvalue weighted by molar-refractivity contribution is 5.79. The second-order valence-corrected chi connectivity index (χ2v) is 8.12. The van der Waals surface area contributed by atoms with E-state index in [1.54, 1.807) is 12.4 Å². The molecule has 172 valence electrons. The van der Waals surface area contributed by atoms with Crippen LogP contribution in [0.1, 0.15) is 30.9 Å². The summed E-state index contributed by atoms with van der Waals surface area (Å²) in [5.74, 6) is 2.80. The molecular formula is C26H30N4O3. The van der Waals surface area contributed by atoms with Crippen LogP contribution in [0, 0.1) is 12.8 Å². The van der Waals surface area contributed by atoms with E-state index in [-0.39, 0.29) is 11.8 Å². The van der Waals surface area contributed by atoms with Gasteiger partial charge in [0.15, 0.2) is 5.82 Å². The highest BCUT2D eigenvalue weighted by Gasteiger charge is 2.27. The van der Waals surface area contributed by atoms with Gasteiger partial charge in [0, 0.05) is 43.5 Å². The molecule has 33 heavy (non-hydrogen) atoms. The Morgan fingerprint density at radius 3 is 2.67 bits per heavy atom. The van der Waals surface area contributed by atoms with Crippen LogP contribution in [0.5, 0.6) is 17.4 Å². The number of hydrogen-bond donors (Lipinski definition) is 1. The first-order valence-electron chi connectivity index (χ1n) is 11.4. The Bertz CT molecular complexity index is 1080. The van der Waals surface area contributed by atoms with E-state index in [1.807, 2.05) is 62.4 Å². The van der Waals surface area contributed by atoms with Crippen molar-refractivity contribution in [3.8, 4) is 17.4 Å². The van der Waals surface area contributed by atoms with E-state index in [4.69, 9.17) is 9.47 Å². The molecule has 1 aliphatic rings. The van der Waals surface area contributed by atoms with E-state index in [9.17, 15) is 4.79 Å². The van der Waals surface area contributed by atoms with Gasteiger partial charge in [-0.05, 0) is 50.5 Å². The minimum atomic E-state index is -0.0293. The lowest BCUT2D eigenvalue weighted by Gasteiger charge is -2.32. The lowest BCUT2D eigenvalue weighted by molar-refractivity contribution is -0.125. The lowest BCUT2D eigenvalue weighted by Crippen LogP contribution is -2.40. The van der Waals surface area contributed by atoms with Crippen LogP contribution in [0.3, 0.4) is 0 Å². The zero-order valence-electron chi connectivity index (χ0n) is 19.2. The quantitative estimate of drug-likeness (QED) is 0.549. The molecule has 1 aliphatic heterocycles. The fraction of sp³-hybridized carbons (Fsp3) is 0.346. The number of aryl methyl sites for hydroxylation is 1. The van der Waals surface area contributed by atoms with Crippen molar-refractivity contribution >= 4 is 11.7 Å². The molecular weight excluding hydrogens is 416 g/mol. The first-order valence-corrected chi connectivity index (χ1v) is 11.4. The highest BCUT2D eigenvalue weighted by atomic mass is 16.5. The van der Waals surface area contributed by atoms with E-state index in [2.05, 4.69) is 20.2 Å². The summed E-state index contributed by atoms with van der Waals surface area (Å²) in [6, 6.07) is 15.7. The Morgan fingerprint density at radius 2 is 1.88 bits per heavy atom. The summed E-state index contributed by atoms with van der Waals surface area (Å²) >= 11 is 0. The smallest absolute Gasteiger partial charge is 0.263 e. The molecule has 0 bridgehead atoms. The van der Waals surface area contributed by atoms with Crippen LogP contribution in [-0.4, -0.2) is 35.6 Å². The van der Waals surface area contributed by atoms with Gasteiger partial charge in [-0.1, -0.05) is 30.3 Å². The Kier molecular flexibility index (Phi) is 7.40. The summed E-state index contributed by atoms with van der Waals surface area (Å²) in [6.07, 6.45) is 4.81. The Balaban J connectivity index is 1.34. The van der Waals surface area contributed by atoms with Crippen molar-refractivity contribution in [1.82, 2.24) is 15.3 Å². The minimum absolute atomic E-state index is 0.0293. The predicted octanol–water partition coefficient (Wildman–Crippen LogP) is 4.51. The molecule has 0 spiro atoms. The van der Waals surface area contributed by atoms with Crippen LogP contribution >= 0.6 is 0 Å². The molecule has 4 rings (SSSR count). The zero-order valence-corrected chi connectivity index (χ0v) is 19.2. The maximum atomic E-state index is 12.8. The van der Waals surface area contributed by atoms with Crippen molar-refractivity contribution in [3.05, 3.63) is 72.1 Å². The van der Waals surface area contributed by atoms with E-state index < -0.39 is 0 Å². The largest absolute Gasteiger partial charge is 0.494 e. The zero-order chi connectivity index (χ0) is 23.0. The van der Waals surface area contributed by atoms with Gasteiger partial charge >= 0.3 is 0 Å². The third-order valence-electron chi connectivity index (χ3n) is 5.74. The van der Waals surface area contributed by atoms with Crippen LogP contribution in [0.15, 0.2) is 60.9 Å². The molecule has 1 fully saturated rings. The molecule has 0 radical (unpaired) electrons. The summed E-state index contributed by atoms with van der Waals surface area (Å²) in [5.41, 5.74) is 2.11. The van der Waals surface area contributed by atoms with Gasteiger partial charge in [0.25, 0.3) is 5.88 Å². The summed E-state index contributed by atoms with van der Waals surface area (Å²) in [5, 5.41) is 3.08. The number of nitrogens with one attached hydrogen (secondary N) is 1. The van der Waals surface area contributed by atoms with Crippen LogP contribution in [-0.2, 0) is 11.3 Å². The summed E-state index contributed by atoms with van der Waals surface area (Å²) < 4.78 is 11.7. The molecule has 7 heteroatoms. The van der Waals surface area contributed by atoms with Crippen molar-refractivity contribution < 1.29 is 14.3 Å². The SMILES string of the molecule is CCOc1ccccc1CNC(=O)C1CCN(c2nccnc2Oc2cccc(C)c2)CC1. The Labute approximate surface area is 194 Å². The van der Waals surface area contributed by atoms with Gasteiger partial charge in [0.2, 0.25) is 5.91 Å². The van der Waals surface area contributed by atoms with Gasteiger partial charge in [0.1, 0.15) is 11.5 Å². The number of hydrogen-bond acceptors (Lipinski definition) is 6. The topological polar surface area (TPSA) is 76.6 Å².